The van der Waals surface area contributed by atoms with E-state index in [1.165, 1.54) is 19.0 Å². The standard InChI is InChI=1S/C12H15N3O/c1-9-3-2-4-11(7-9)16-12-10(8-13)5-6-14-15-12/h5-6,9,11H,2-4,7H2,1H3. The second-order valence-electron chi connectivity index (χ2n) is 4.37. The molecule has 1 heterocycles. The second-order valence-corrected chi connectivity index (χ2v) is 4.37. The third-order valence-corrected chi connectivity index (χ3v) is 2.97. The Bertz CT molecular complexity index is 399. The molecule has 0 bridgehead atoms. The van der Waals surface area contributed by atoms with Gasteiger partial charge in [-0.25, -0.2) is 0 Å². The predicted molar refractivity (Wildman–Crippen MR) is 58.8 cm³/mol. The molecule has 0 spiro atoms. The molecule has 0 radical (unpaired) electrons. The summed E-state index contributed by atoms with van der Waals surface area (Å²) in [5, 5.41) is 16.5. The van der Waals surface area contributed by atoms with Crippen LogP contribution in [0.2, 0.25) is 0 Å². The van der Waals surface area contributed by atoms with Crippen molar-refractivity contribution in [3.05, 3.63) is 17.8 Å². The third-order valence-electron chi connectivity index (χ3n) is 2.97. The van der Waals surface area contributed by atoms with Gasteiger partial charge < -0.3 is 4.74 Å². The Labute approximate surface area is 95.3 Å². The van der Waals surface area contributed by atoms with Crippen molar-refractivity contribution in [2.45, 2.75) is 38.7 Å². The van der Waals surface area contributed by atoms with Gasteiger partial charge >= 0.3 is 0 Å². The molecule has 16 heavy (non-hydrogen) atoms. The monoisotopic (exact) mass is 217 g/mol. The van der Waals surface area contributed by atoms with Crippen LogP contribution in [0, 0.1) is 17.2 Å². The lowest BCUT2D eigenvalue weighted by Gasteiger charge is -2.26. The summed E-state index contributed by atoms with van der Waals surface area (Å²) in [5.74, 6) is 1.07. The van der Waals surface area contributed by atoms with E-state index in [9.17, 15) is 0 Å². The highest BCUT2D eigenvalue weighted by Gasteiger charge is 2.21. The first kappa shape index (κ1) is 10.9. The number of nitriles is 1. The fourth-order valence-electron chi connectivity index (χ4n) is 2.13. The van der Waals surface area contributed by atoms with Gasteiger partial charge in [0, 0.05) is 0 Å². The van der Waals surface area contributed by atoms with Crippen LogP contribution in [0.15, 0.2) is 12.3 Å². The Morgan fingerprint density at radius 1 is 1.50 bits per heavy atom. The SMILES string of the molecule is CC1CCCC(Oc2nnccc2C#N)C1. The van der Waals surface area contributed by atoms with E-state index in [-0.39, 0.29) is 6.10 Å². The third kappa shape index (κ3) is 2.48. The van der Waals surface area contributed by atoms with Crippen LogP contribution in [0.1, 0.15) is 38.2 Å². The summed E-state index contributed by atoms with van der Waals surface area (Å²) in [7, 11) is 0. The Hall–Kier alpha value is -1.63. The average Bonchev–Trinajstić information content (AvgIpc) is 2.30. The number of hydrogen-bond acceptors (Lipinski definition) is 4. The van der Waals surface area contributed by atoms with E-state index in [1.54, 1.807) is 6.07 Å². The normalized spacial score (nSPS) is 24.8. The minimum Gasteiger partial charge on any atom is -0.472 e. The van der Waals surface area contributed by atoms with Crippen molar-refractivity contribution in [1.29, 1.82) is 5.26 Å². The first-order chi connectivity index (χ1) is 7.79. The van der Waals surface area contributed by atoms with Crippen LogP contribution in [0.4, 0.5) is 0 Å². The van der Waals surface area contributed by atoms with Crippen LogP contribution in [-0.4, -0.2) is 16.3 Å². The molecule has 0 aromatic carbocycles. The minimum absolute atomic E-state index is 0.188. The zero-order chi connectivity index (χ0) is 11.4. The van der Waals surface area contributed by atoms with Gasteiger partial charge in [0.1, 0.15) is 17.7 Å². The summed E-state index contributed by atoms with van der Waals surface area (Å²) < 4.78 is 5.75. The van der Waals surface area contributed by atoms with Crippen LogP contribution >= 0.6 is 0 Å². The molecule has 1 saturated carbocycles. The van der Waals surface area contributed by atoms with Crippen molar-refractivity contribution in [1.82, 2.24) is 10.2 Å². The zero-order valence-electron chi connectivity index (χ0n) is 9.39. The summed E-state index contributed by atoms with van der Waals surface area (Å²) in [4.78, 5) is 0. The van der Waals surface area contributed by atoms with Gasteiger partial charge in [0.05, 0.1) is 6.20 Å². The van der Waals surface area contributed by atoms with E-state index in [2.05, 4.69) is 23.2 Å². The summed E-state index contributed by atoms with van der Waals surface area (Å²) in [5.41, 5.74) is 0.466. The molecule has 2 rings (SSSR count). The lowest BCUT2D eigenvalue weighted by atomic mass is 9.89. The molecule has 2 unspecified atom stereocenters. The van der Waals surface area contributed by atoms with E-state index in [0.717, 1.165) is 12.8 Å². The van der Waals surface area contributed by atoms with Gasteiger partial charge in [-0.05, 0) is 31.2 Å². The van der Waals surface area contributed by atoms with Crippen molar-refractivity contribution in [3.8, 4) is 11.9 Å². The van der Waals surface area contributed by atoms with E-state index in [1.807, 2.05) is 0 Å². The smallest absolute Gasteiger partial charge is 0.251 e. The summed E-state index contributed by atoms with van der Waals surface area (Å²) in [6.45, 7) is 2.23. The lowest BCUT2D eigenvalue weighted by Crippen LogP contribution is -2.24. The summed E-state index contributed by atoms with van der Waals surface area (Å²) in [6.07, 6.45) is 6.24. The molecule has 1 aromatic heterocycles. The van der Waals surface area contributed by atoms with E-state index < -0.39 is 0 Å². The lowest BCUT2D eigenvalue weighted by molar-refractivity contribution is 0.122. The van der Waals surface area contributed by atoms with E-state index >= 15 is 0 Å². The van der Waals surface area contributed by atoms with Gasteiger partial charge in [-0.15, -0.1) is 5.10 Å². The van der Waals surface area contributed by atoms with Gasteiger partial charge in [-0.2, -0.15) is 10.4 Å². The van der Waals surface area contributed by atoms with E-state index in [4.69, 9.17) is 10.00 Å². The van der Waals surface area contributed by atoms with Crippen molar-refractivity contribution < 1.29 is 4.74 Å². The molecule has 1 aliphatic carbocycles. The average molecular weight is 217 g/mol. The van der Waals surface area contributed by atoms with Crippen molar-refractivity contribution in [3.63, 3.8) is 0 Å². The Balaban J connectivity index is 2.06. The Morgan fingerprint density at radius 3 is 3.12 bits per heavy atom. The maximum atomic E-state index is 8.90. The number of rotatable bonds is 2. The molecular formula is C12H15N3O. The maximum Gasteiger partial charge on any atom is 0.251 e. The van der Waals surface area contributed by atoms with Crippen LogP contribution < -0.4 is 4.74 Å². The summed E-state index contributed by atoms with van der Waals surface area (Å²) in [6, 6.07) is 3.70. The highest BCUT2D eigenvalue weighted by molar-refractivity contribution is 5.35. The Kier molecular flexibility index (Phi) is 3.35. The quantitative estimate of drug-likeness (QED) is 0.762. The number of hydrogen-bond donors (Lipinski definition) is 0. The predicted octanol–water partition coefficient (Wildman–Crippen LogP) is 2.31. The number of nitrogens with zero attached hydrogens (tertiary/aromatic N) is 3. The van der Waals surface area contributed by atoms with Crippen molar-refractivity contribution in [2.24, 2.45) is 5.92 Å². The van der Waals surface area contributed by atoms with Crippen LogP contribution in [0.3, 0.4) is 0 Å². The fraction of sp³-hybridized carbons (Fsp3) is 0.583. The van der Waals surface area contributed by atoms with Gasteiger partial charge in [-0.1, -0.05) is 13.3 Å². The van der Waals surface area contributed by atoms with E-state index in [0.29, 0.717) is 17.4 Å². The molecule has 1 fully saturated rings. The molecule has 4 nitrogen and oxygen atoms in total. The largest absolute Gasteiger partial charge is 0.472 e. The molecule has 84 valence electrons. The van der Waals surface area contributed by atoms with Crippen LogP contribution in [0.25, 0.3) is 0 Å². The molecule has 0 amide bonds. The highest BCUT2D eigenvalue weighted by atomic mass is 16.5. The first-order valence-corrected chi connectivity index (χ1v) is 5.68. The molecule has 0 saturated heterocycles. The maximum absolute atomic E-state index is 8.90. The second kappa shape index (κ2) is 4.93. The fourth-order valence-corrected chi connectivity index (χ4v) is 2.13. The number of aromatic nitrogens is 2. The molecule has 0 N–H and O–H groups in total. The molecule has 4 heteroatoms. The molecular weight excluding hydrogens is 202 g/mol. The number of ether oxygens (including phenoxy) is 1. The topological polar surface area (TPSA) is 58.8 Å². The van der Waals surface area contributed by atoms with Crippen LogP contribution in [0.5, 0.6) is 5.88 Å². The van der Waals surface area contributed by atoms with Gasteiger partial charge in [0.25, 0.3) is 5.88 Å². The van der Waals surface area contributed by atoms with Gasteiger partial charge in [0.2, 0.25) is 0 Å². The van der Waals surface area contributed by atoms with Crippen molar-refractivity contribution in [2.75, 3.05) is 0 Å². The van der Waals surface area contributed by atoms with Gasteiger partial charge in [-0.3, -0.25) is 0 Å². The Morgan fingerprint density at radius 2 is 2.38 bits per heavy atom. The molecule has 0 aliphatic heterocycles. The molecule has 1 aliphatic rings. The van der Waals surface area contributed by atoms with Gasteiger partial charge in [0.15, 0.2) is 0 Å². The van der Waals surface area contributed by atoms with Crippen molar-refractivity contribution >= 4 is 0 Å². The first-order valence-electron chi connectivity index (χ1n) is 5.68. The summed E-state index contributed by atoms with van der Waals surface area (Å²) >= 11 is 0. The van der Waals surface area contributed by atoms with Crippen LogP contribution in [-0.2, 0) is 0 Å². The molecule has 2 atom stereocenters. The zero-order valence-corrected chi connectivity index (χ0v) is 9.39. The molecule has 1 aromatic rings. The minimum atomic E-state index is 0.188. The highest BCUT2D eigenvalue weighted by Crippen LogP contribution is 2.27.